The van der Waals surface area contributed by atoms with Gasteiger partial charge in [0.2, 0.25) is 0 Å². The van der Waals surface area contributed by atoms with Gasteiger partial charge in [-0.1, -0.05) is 72.8 Å². The summed E-state index contributed by atoms with van der Waals surface area (Å²) in [4.78, 5) is 2.50. The monoisotopic (exact) mass is 371 g/mol. The van der Waals surface area contributed by atoms with Crippen molar-refractivity contribution < 1.29 is 0 Å². The molecule has 4 aromatic rings. The Morgan fingerprint density at radius 3 is 2.00 bits per heavy atom. The van der Waals surface area contributed by atoms with Crippen LogP contribution in [-0.2, 0) is 19.3 Å². The third-order valence-corrected chi connectivity index (χ3v) is 7.11. The molecule has 0 N–H and O–H groups in total. The maximum absolute atomic E-state index is 2.50. The van der Waals surface area contributed by atoms with Crippen LogP contribution in [0.15, 0.2) is 72.8 Å². The average molecular weight is 371 g/mol. The lowest BCUT2D eigenvalue weighted by molar-refractivity contribution is 1.03. The predicted octanol–water partition coefficient (Wildman–Crippen LogP) is 6.50. The van der Waals surface area contributed by atoms with E-state index in [-0.39, 0.29) is 0 Å². The predicted molar refractivity (Wildman–Crippen MR) is 120 cm³/mol. The smallest absolute Gasteiger partial charge is 0.0526 e. The van der Waals surface area contributed by atoms with Crippen LogP contribution in [0.25, 0.3) is 22.3 Å². The van der Waals surface area contributed by atoms with E-state index < -0.39 is 0 Å². The van der Waals surface area contributed by atoms with E-state index >= 15 is 0 Å². The summed E-state index contributed by atoms with van der Waals surface area (Å²) < 4.78 is 0. The Morgan fingerprint density at radius 1 is 0.517 bits per heavy atom. The molecule has 1 heterocycles. The molecule has 29 heavy (non-hydrogen) atoms. The van der Waals surface area contributed by atoms with Crippen LogP contribution < -0.4 is 4.90 Å². The molecule has 0 bridgehead atoms. The second-order valence-electron chi connectivity index (χ2n) is 8.61. The van der Waals surface area contributed by atoms with Crippen molar-refractivity contribution in [2.24, 2.45) is 0 Å². The lowest BCUT2D eigenvalue weighted by Gasteiger charge is -2.34. The zero-order valence-corrected chi connectivity index (χ0v) is 16.5. The van der Waals surface area contributed by atoms with Crippen LogP contribution in [0.3, 0.4) is 0 Å². The maximum atomic E-state index is 2.50. The normalized spacial score (nSPS) is 14.6. The standard InChI is InChI=1S/C28H21N/c1-29-27-20(12-13-24-22-8-4-2-7-18(22)16-25(24)27)15-21-11-10-19-14-17-6-3-5-9-23(17)26(19)28(21)29/h2-13H,14-16H2,1H3. The summed E-state index contributed by atoms with van der Waals surface area (Å²) in [5, 5.41) is 0. The van der Waals surface area contributed by atoms with Crippen molar-refractivity contribution in [1.82, 2.24) is 0 Å². The molecule has 0 atom stereocenters. The highest BCUT2D eigenvalue weighted by molar-refractivity contribution is 5.95. The van der Waals surface area contributed by atoms with Crippen molar-refractivity contribution in [3.8, 4) is 22.3 Å². The summed E-state index contributed by atoms with van der Waals surface area (Å²) in [5.41, 5.74) is 17.4. The van der Waals surface area contributed by atoms with Crippen LogP contribution in [0.4, 0.5) is 11.4 Å². The van der Waals surface area contributed by atoms with E-state index in [1.807, 2.05) is 0 Å². The second kappa shape index (κ2) is 5.39. The van der Waals surface area contributed by atoms with Gasteiger partial charge < -0.3 is 4.90 Å². The van der Waals surface area contributed by atoms with E-state index in [1.54, 1.807) is 0 Å². The molecule has 7 rings (SSSR count). The van der Waals surface area contributed by atoms with Gasteiger partial charge in [-0.15, -0.1) is 0 Å². The van der Waals surface area contributed by atoms with E-state index in [0.29, 0.717) is 0 Å². The Bertz CT molecular complexity index is 1340. The number of benzene rings is 4. The Morgan fingerprint density at radius 2 is 1.14 bits per heavy atom. The van der Waals surface area contributed by atoms with Gasteiger partial charge in [0.1, 0.15) is 0 Å². The summed E-state index contributed by atoms with van der Waals surface area (Å²) in [6.45, 7) is 0. The van der Waals surface area contributed by atoms with Gasteiger partial charge in [0.15, 0.2) is 0 Å². The van der Waals surface area contributed by atoms with Gasteiger partial charge in [-0.2, -0.15) is 0 Å². The Labute approximate surface area is 171 Å². The summed E-state index contributed by atoms with van der Waals surface area (Å²) in [6.07, 6.45) is 3.12. The molecule has 1 heteroatoms. The van der Waals surface area contributed by atoms with Gasteiger partial charge in [0.25, 0.3) is 0 Å². The van der Waals surface area contributed by atoms with E-state index in [1.165, 1.54) is 67.0 Å². The van der Waals surface area contributed by atoms with E-state index in [9.17, 15) is 0 Å². The van der Waals surface area contributed by atoms with Crippen molar-refractivity contribution in [2.75, 3.05) is 11.9 Å². The summed E-state index contributed by atoms with van der Waals surface area (Å²) in [5.74, 6) is 0. The number of nitrogens with zero attached hydrogens (tertiary/aromatic N) is 1. The van der Waals surface area contributed by atoms with E-state index in [2.05, 4.69) is 84.7 Å². The first-order valence-corrected chi connectivity index (χ1v) is 10.5. The van der Waals surface area contributed by atoms with Crippen LogP contribution in [0.2, 0.25) is 0 Å². The van der Waals surface area contributed by atoms with Crippen molar-refractivity contribution in [3.63, 3.8) is 0 Å². The van der Waals surface area contributed by atoms with Crippen LogP contribution in [0.5, 0.6) is 0 Å². The molecule has 0 saturated carbocycles. The summed E-state index contributed by atoms with van der Waals surface area (Å²) in [6, 6.07) is 27.2. The minimum Gasteiger partial charge on any atom is -0.343 e. The fourth-order valence-electron chi connectivity index (χ4n) is 5.89. The summed E-state index contributed by atoms with van der Waals surface area (Å²) >= 11 is 0. The molecule has 0 fully saturated rings. The quantitative estimate of drug-likeness (QED) is 0.294. The lowest BCUT2D eigenvalue weighted by Crippen LogP contribution is -2.21. The first kappa shape index (κ1) is 15.6. The minimum atomic E-state index is 1.02. The molecule has 0 aromatic heterocycles. The molecule has 1 aliphatic heterocycles. The zero-order valence-electron chi connectivity index (χ0n) is 16.5. The lowest BCUT2D eigenvalue weighted by atomic mass is 9.88. The first-order valence-electron chi connectivity index (χ1n) is 10.5. The van der Waals surface area contributed by atoms with Gasteiger partial charge in [-0.25, -0.2) is 0 Å². The highest BCUT2D eigenvalue weighted by Gasteiger charge is 2.32. The Hall–Kier alpha value is -3.32. The van der Waals surface area contributed by atoms with Gasteiger partial charge in [0, 0.05) is 31.1 Å². The van der Waals surface area contributed by atoms with Crippen LogP contribution in [0.1, 0.15) is 33.4 Å². The number of hydrogen-bond acceptors (Lipinski definition) is 1. The van der Waals surface area contributed by atoms with E-state index in [4.69, 9.17) is 0 Å². The third-order valence-electron chi connectivity index (χ3n) is 7.11. The molecular weight excluding hydrogens is 350 g/mol. The molecule has 0 amide bonds. The number of rotatable bonds is 0. The minimum absolute atomic E-state index is 1.02. The van der Waals surface area contributed by atoms with Gasteiger partial charge in [-0.3, -0.25) is 0 Å². The molecular formula is C28H21N. The molecule has 138 valence electrons. The Kier molecular flexibility index (Phi) is 2.90. The number of anilines is 2. The maximum Gasteiger partial charge on any atom is 0.0526 e. The SMILES string of the molecule is CN1c2c(ccc3c2Cc2ccccc2-3)Cc2ccc3c(c21)-c1ccccc1C3. The second-order valence-corrected chi connectivity index (χ2v) is 8.61. The van der Waals surface area contributed by atoms with Crippen molar-refractivity contribution in [3.05, 3.63) is 106 Å². The van der Waals surface area contributed by atoms with Crippen molar-refractivity contribution >= 4 is 11.4 Å². The average Bonchev–Trinajstić information content (AvgIpc) is 3.31. The molecule has 0 radical (unpaired) electrons. The molecule has 0 unspecified atom stereocenters. The van der Waals surface area contributed by atoms with Gasteiger partial charge in [0.05, 0.1) is 5.69 Å². The van der Waals surface area contributed by atoms with Crippen molar-refractivity contribution in [2.45, 2.75) is 19.3 Å². The molecule has 1 nitrogen and oxygen atoms in total. The highest BCUT2D eigenvalue weighted by Crippen LogP contribution is 2.52. The fourth-order valence-corrected chi connectivity index (χ4v) is 5.89. The Balaban J connectivity index is 1.47. The zero-order chi connectivity index (χ0) is 19.1. The molecule has 4 aromatic carbocycles. The van der Waals surface area contributed by atoms with E-state index in [0.717, 1.165) is 19.3 Å². The van der Waals surface area contributed by atoms with Crippen LogP contribution in [-0.4, -0.2) is 7.05 Å². The topological polar surface area (TPSA) is 3.24 Å². The highest BCUT2D eigenvalue weighted by atomic mass is 15.1. The first-order chi connectivity index (χ1) is 14.3. The molecule has 2 aliphatic carbocycles. The number of fused-ring (bicyclic) bond motifs is 10. The molecule has 3 aliphatic rings. The van der Waals surface area contributed by atoms with Crippen LogP contribution in [0, 0.1) is 0 Å². The summed E-state index contributed by atoms with van der Waals surface area (Å²) in [7, 11) is 2.28. The van der Waals surface area contributed by atoms with Gasteiger partial charge >= 0.3 is 0 Å². The molecule has 0 spiro atoms. The number of hydrogen-bond donors (Lipinski definition) is 0. The largest absolute Gasteiger partial charge is 0.343 e. The molecule has 0 saturated heterocycles. The van der Waals surface area contributed by atoms with Crippen molar-refractivity contribution in [1.29, 1.82) is 0 Å². The van der Waals surface area contributed by atoms with Gasteiger partial charge in [-0.05, 0) is 56.5 Å². The fraction of sp³-hybridized carbons (Fsp3) is 0.143. The third kappa shape index (κ3) is 1.95. The van der Waals surface area contributed by atoms with Crippen LogP contribution >= 0.6 is 0 Å².